The molecule has 0 aromatic heterocycles. The Balaban J connectivity index is 1.79. The lowest BCUT2D eigenvalue weighted by atomic mass is 9.81. The monoisotopic (exact) mass is 529 g/mol. The highest BCUT2D eigenvalue weighted by atomic mass is 35.5. The van der Waals surface area contributed by atoms with Crippen molar-refractivity contribution in [1.29, 1.82) is 5.26 Å². The Morgan fingerprint density at radius 3 is 2.32 bits per heavy atom. The third-order valence-corrected chi connectivity index (χ3v) is 6.99. The molecule has 0 radical (unpaired) electrons. The van der Waals surface area contributed by atoms with Crippen LogP contribution in [0.2, 0.25) is 5.02 Å². The zero-order chi connectivity index (χ0) is 26.2. The molecule has 6 nitrogen and oxygen atoms in total. The number of carbonyl (C=O) groups is 2. The zero-order valence-corrected chi connectivity index (χ0v) is 21.6. The summed E-state index contributed by atoms with van der Waals surface area (Å²) in [7, 11) is 0. The number of anilines is 1. The molecule has 4 rings (SSSR count). The number of dihydropyridines is 1. The molecule has 0 fully saturated rings. The van der Waals surface area contributed by atoms with Crippen LogP contribution in [0.15, 0.2) is 101 Å². The van der Waals surface area contributed by atoms with Crippen LogP contribution in [0.5, 0.6) is 0 Å². The van der Waals surface area contributed by atoms with Crippen molar-refractivity contribution in [2.75, 3.05) is 17.7 Å². The standard InChI is InChI=1S/C29H24ClN3O3S/c1-2-36-29(35)26-25(21-15-9-10-16-23(21)30)22(17-31)28(33-27(26)19-11-5-3-6-12-19)37-18-24(34)32-20-13-7-4-8-14-20/h3-16,25,33H,2,18H2,1H3,(H,32,34). The molecule has 8 heteroatoms. The van der Waals surface area contributed by atoms with E-state index in [0.29, 0.717) is 27.0 Å². The zero-order valence-electron chi connectivity index (χ0n) is 20.0. The Morgan fingerprint density at radius 1 is 1.03 bits per heavy atom. The summed E-state index contributed by atoms with van der Waals surface area (Å²) >= 11 is 7.78. The van der Waals surface area contributed by atoms with E-state index in [2.05, 4.69) is 16.7 Å². The molecule has 0 saturated heterocycles. The van der Waals surface area contributed by atoms with E-state index in [-0.39, 0.29) is 29.4 Å². The van der Waals surface area contributed by atoms with Crippen LogP contribution in [0.25, 0.3) is 5.70 Å². The fraction of sp³-hybridized carbons (Fsp3) is 0.138. The van der Waals surface area contributed by atoms with Gasteiger partial charge in [-0.25, -0.2) is 4.79 Å². The minimum Gasteiger partial charge on any atom is -0.463 e. The summed E-state index contributed by atoms with van der Waals surface area (Å²) in [5.74, 6) is -1.50. The average Bonchev–Trinajstić information content (AvgIpc) is 2.92. The predicted molar refractivity (Wildman–Crippen MR) is 147 cm³/mol. The van der Waals surface area contributed by atoms with Gasteiger partial charge in [-0.05, 0) is 36.2 Å². The van der Waals surface area contributed by atoms with Gasteiger partial charge < -0.3 is 15.4 Å². The summed E-state index contributed by atoms with van der Waals surface area (Å²) in [5, 5.41) is 17.3. The molecule has 0 saturated carbocycles. The molecule has 186 valence electrons. The number of nitriles is 1. The highest BCUT2D eigenvalue weighted by molar-refractivity contribution is 8.03. The summed E-state index contributed by atoms with van der Waals surface area (Å²) in [5.41, 5.74) is 3.11. The molecule has 1 heterocycles. The molecule has 1 atom stereocenters. The quantitative estimate of drug-likeness (QED) is 0.342. The summed E-state index contributed by atoms with van der Waals surface area (Å²) in [6.07, 6.45) is 0. The Kier molecular flexibility index (Phi) is 8.68. The van der Waals surface area contributed by atoms with E-state index < -0.39 is 11.9 Å². The molecular weight excluding hydrogens is 506 g/mol. The number of thioether (sulfide) groups is 1. The molecule has 1 unspecified atom stereocenters. The number of hydrogen-bond donors (Lipinski definition) is 2. The minimum atomic E-state index is -0.783. The fourth-order valence-corrected chi connectivity index (χ4v) is 5.12. The number of nitrogens with one attached hydrogen (secondary N) is 2. The van der Waals surface area contributed by atoms with Gasteiger partial charge in [0.2, 0.25) is 5.91 Å². The molecule has 37 heavy (non-hydrogen) atoms. The lowest BCUT2D eigenvalue weighted by Gasteiger charge is -2.31. The first-order chi connectivity index (χ1) is 18.0. The van der Waals surface area contributed by atoms with Crippen LogP contribution >= 0.6 is 23.4 Å². The van der Waals surface area contributed by atoms with Crippen molar-refractivity contribution in [1.82, 2.24) is 5.32 Å². The van der Waals surface area contributed by atoms with Crippen molar-refractivity contribution in [3.8, 4) is 6.07 Å². The van der Waals surface area contributed by atoms with Crippen molar-refractivity contribution >= 4 is 46.6 Å². The number of benzene rings is 3. The molecule has 2 N–H and O–H groups in total. The number of esters is 1. The van der Waals surface area contributed by atoms with Gasteiger partial charge in [-0.1, -0.05) is 90.1 Å². The van der Waals surface area contributed by atoms with Gasteiger partial charge in [-0.2, -0.15) is 5.26 Å². The largest absolute Gasteiger partial charge is 0.463 e. The minimum absolute atomic E-state index is 0.0501. The first-order valence-corrected chi connectivity index (χ1v) is 13.0. The number of para-hydroxylation sites is 1. The molecule has 1 aliphatic rings. The number of hydrogen-bond acceptors (Lipinski definition) is 6. The van der Waals surface area contributed by atoms with E-state index in [1.54, 1.807) is 37.3 Å². The summed E-state index contributed by atoms with van der Waals surface area (Å²) in [6.45, 7) is 1.90. The van der Waals surface area contributed by atoms with Gasteiger partial charge >= 0.3 is 5.97 Å². The van der Waals surface area contributed by atoms with Gasteiger partial charge in [0.15, 0.2) is 0 Å². The summed E-state index contributed by atoms with van der Waals surface area (Å²) < 4.78 is 5.43. The molecule has 1 amide bonds. The summed E-state index contributed by atoms with van der Waals surface area (Å²) in [6, 6.07) is 27.9. The van der Waals surface area contributed by atoms with Crippen LogP contribution in [0, 0.1) is 11.3 Å². The van der Waals surface area contributed by atoms with Crippen LogP contribution in [0.3, 0.4) is 0 Å². The molecule has 0 aliphatic carbocycles. The maximum atomic E-state index is 13.3. The van der Waals surface area contributed by atoms with Crippen LogP contribution in [0.4, 0.5) is 5.69 Å². The number of ether oxygens (including phenoxy) is 1. The Morgan fingerprint density at radius 2 is 1.68 bits per heavy atom. The summed E-state index contributed by atoms with van der Waals surface area (Å²) in [4.78, 5) is 26.0. The van der Waals surface area contributed by atoms with Gasteiger partial charge in [-0.15, -0.1) is 0 Å². The van der Waals surface area contributed by atoms with E-state index in [4.69, 9.17) is 16.3 Å². The normalized spacial score (nSPS) is 15.0. The topological polar surface area (TPSA) is 91.2 Å². The van der Waals surface area contributed by atoms with E-state index in [1.807, 2.05) is 54.6 Å². The number of carbonyl (C=O) groups excluding carboxylic acids is 2. The smallest absolute Gasteiger partial charge is 0.337 e. The lowest BCUT2D eigenvalue weighted by Crippen LogP contribution is -2.30. The third-order valence-electron chi connectivity index (χ3n) is 5.63. The Hall–Kier alpha value is -3.99. The van der Waals surface area contributed by atoms with E-state index in [0.717, 1.165) is 5.56 Å². The fourth-order valence-electron chi connectivity index (χ4n) is 4.03. The van der Waals surface area contributed by atoms with Crippen molar-refractivity contribution < 1.29 is 14.3 Å². The second kappa shape index (κ2) is 12.3. The number of halogens is 1. The van der Waals surface area contributed by atoms with Crippen LogP contribution < -0.4 is 10.6 Å². The van der Waals surface area contributed by atoms with Crippen LogP contribution in [-0.2, 0) is 14.3 Å². The second-order valence-electron chi connectivity index (χ2n) is 8.01. The molecule has 1 aliphatic heterocycles. The third kappa shape index (κ3) is 6.05. The number of nitrogens with zero attached hydrogens (tertiary/aromatic N) is 1. The van der Waals surface area contributed by atoms with Crippen LogP contribution in [0.1, 0.15) is 24.0 Å². The van der Waals surface area contributed by atoms with Crippen molar-refractivity contribution in [3.63, 3.8) is 0 Å². The molecule has 3 aromatic rings. The number of amides is 1. The van der Waals surface area contributed by atoms with Gasteiger partial charge in [0, 0.05) is 10.7 Å². The molecule has 3 aromatic carbocycles. The van der Waals surface area contributed by atoms with Gasteiger partial charge in [0.05, 0.1) is 46.2 Å². The van der Waals surface area contributed by atoms with E-state index >= 15 is 0 Å². The lowest BCUT2D eigenvalue weighted by molar-refractivity contribution is -0.138. The second-order valence-corrected chi connectivity index (χ2v) is 9.40. The van der Waals surface area contributed by atoms with E-state index in [1.165, 1.54) is 11.8 Å². The van der Waals surface area contributed by atoms with Crippen molar-refractivity contribution in [2.24, 2.45) is 0 Å². The molecular formula is C29H24ClN3O3S. The van der Waals surface area contributed by atoms with Crippen molar-refractivity contribution in [2.45, 2.75) is 12.8 Å². The van der Waals surface area contributed by atoms with E-state index in [9.17, 15) is 14.9 Å². The number of rotatable bonds is 8. The SMILES string of the molecule is CCOC(=O)C1=C(c2ccccc2)NC(SCC(=O)Nc2ccccc2)=C(C#N)C1c1ccccc1Cl. The maximum absolute atomic E-state index is 13.3. The highest BCUT2D eigenvalue weighted by Crippen LogP contribution is 2.45. The predicted octanol–water partition coefficient (Wildman–Crippen LogP) is 6.11. The average molecular weight is 530 g/mol. The Labute approximate surface area is 225 Å². The number of allylic oxidation sites excluding steroid dienone is 1. The van der Waals surface area contributed by atoms with Gasteiger partial charge in [0.1, 0.15) is 0 Å². The van der Waals surface area contributed by atoms with Gasteiger partial charge in [-0.3, -0.25) is 4.79 Å². The first kappa shape index (κ1) is 26.1. The van der Waals surface area contributed by atoms with Crippen molar-refractivity contribution in [3.05, 3.63) is 117 Å². The Bertz CT molecular complexity index is 1400. The maximum Gasteiger partial charge on any atom is 0.337 e. The first-order valence-electron chi connectivity index (χ1n) is 11.6. The molecule has 0 bridgehead atoms. The molecule has 0 spiro atoms. The van der Waals surface area contributed by atoms with Crippen LogP contribution in [-0.4, -0.2) is 24.2 Å². The van der Waals surface area contributed by atoms with Gasteiger partial charge in [0.25, 0.3) is 0 Å². The highest BCUT2D eigenvalue weighted by Gasteiger charge is 2.38.